The number of hydrogen-bond donors (Lipinski definition) is 2. The number of nitrogens with zero attached hydrogens (tertiary/aromatic N) is 3. The largest absolute Gasteiger partial charge is 0.497 e. The first kappa shape index (κ1) is 30.4. The number of benzene rings is 3. The zero-order chi connectivity index (χ0) is 31.2. The number of nitrogens with one attached hydrogen (secondary N) is 2. The van der Waals surface area contributed by atoms with E-state index < -0.39 is 0 Å². The molecule has 2 saturated heterocycles. The Morgan fingerprint density at radius 1 is 0.867 bits per heavy atom. The molecule has 1 aromatic heterocycles. The molecule has 2 aliphatic heterocycles. The molecule has 0 radical (unpaired) electrons. The zero-order valence-corrected chi connectivity index (χ0v) is 25.6. The second kappa shape index (κ2) is 14.0. The van der Waals surface area contributed by atoms with Crippen molar-refractivity contribution in [3.63, 3.8) is 0 Å². The SMILES string of the molecule is COc1ccc(CN2CCC(C(=O)Nc3ccc4oc(C(=O)NC5CCN(Cc6ccc(C#N)cc6)CC5)cc4c3)CC2)cc1. The molecule has 2 amide bonds. The fourth-order valence-electron chi connectivity index (χ4n) is 6.25. The normalized spacial score (nSPS) is 16.7. The number of piperidine rings is 2. The number of carbonyl (C=O) groups is 2. The van der Waals surface area contributed by atoms with Gasteiger partial charge in [-0.1, -0.05) is 24.3 Å². The molecule has 2 fully saturated rings. The number of hydrogen-bond acceptors (Lipinski definition) is 7. The van der Waals surface area contributed by atoms with E-state index in [2.05, 4.69) is 38.6 Å². The van der Waals surface area contributed by atoms with Crippen LogP contribution in [0.25, 0.3) is 11.0 Å². The van der Waals surface area contributed by atoms with Gasteiger partial charge in [0.25, 0.3) is 5.91 Å². The van der Waals surface area contributed by atoms with Gasteiger partial charge in [-0.2, -0.15) is 5.26 Å². The van der Waals surface area contributed by atoms with E-state index in [1.807, 2.05) is 48.5 Å². The summed E-state index contributed by atoms with van der Waals surface area (Å²) in [5.74, 6) is 0.910. The number of fused-ring (bicyclic) bond motifs is 1. The molecule has 2 N–H and O–H groups in total. The molecule has 45 heavy (non-hydrogen) atoms. The van der Waals surface area contributed by atoms with Gasteiger partial charge in [0.1, 0.15) is 11.3 Å². The smallest absolute Gasteiger partial charge is 0.287 e. The number of anilines is 1. The van der Waals surface area contributed by atoms with Crippen LogP contribution in [-0.2, 0) is 17.9 Å². The van der Waals surface area contributed by atoms with Crippen molar-refractivity contribution in [2.24, 2.45) is 5.92 Å². The lowest BCUT2D eigenvalue weighted by Gasteiger charge is -2.32. The third kappa shape index (κ3) is 7.72. The Kier molecular flexibility index (Phi) is 9.44. The van der Waals surface area contributed by atoms with Crippen LogP contribution in [0.4, 0.5) is 5.69 Å². The maximum Gasteiger partial charge on any atom is 0.287 e. The molecule has 4 aromatic rings. The van der Waals surface area contributed by atoms with Crippen LogP contribution in [0, 0.1) is 17.2 Å². The Bertz CT molecular complexity index is 1660. The van der Waals surface area contributed by atoms with Crippen molar-refractivity contribution in [2.45, 2.75) is 44.8 Å². The van der Waals surface area contributed by atoms with Gasteiger partial charge in [-0.3, -0.25) is 19.4 Å². The second-order valence-corrected chi connectivity index (χ2v) is 12.1. The molecular weight excluding hydrogens is 566 g/mol. The van der Waals surface area contributed by atoms with Gasteiger partial charge in [0.05, 0.1) is 18.7 Å². The Balaban J connectivity index is 0.962. The van der Waals surface area contributed by atoms with Crippen LogP contribution in [0.5, 0.6) is 5.75 Å². The summed E-state index contributed by atoms with van der Waals surface area (Å²) in [6, 6.07) is 25.3. The molecule has 0 spiro atoms. The van der Waals surface area contributed by atoms with Crippen LogP contribution in [0.1, 0.15) is 52.9 Å². The van der Waals surface area contributed by atoms with Gasteiger partial charge < -0.3 is 19.8 Å². The Morgan fingerprint density at radius 3 is 2.11 bits per heavy atom. The van der Waals surface area contributed by atoms with Gasteiger partial charge in [0.15, 0.2) is 5.76 Å². The van der Waals surface area contributed by atoms with E-state index in [0.717, 1.165) is 76.1 Å². The highest BCUT2D eigenvalue weighted by Gasteiger charge is 2.26. The van der Waals surface area contributed by atoms with Crippen LogP contribution >= 0.6 is 0 Å². The zero-order valence-electron chi connectivity index (χ0n) is 25.6. The lowest BCUT2D eigenvalue weighted by molar-refractivity contribution is -0.121. The first-order valence-corrected chi connectivity index (χ1v) is 15.7. The summed E-state index contributed by atoms with van der Waals surface area (Å²) in [6.45, 7) is 5.22. The van der Waals surface area contributed by atoms with E-state index in [-0.39, 0.29) is 29.5 Å². The number of ether oxygens (including phenoxy) is 1. The monoisotopic (exact) mass is 605 g/mol. The number of nitriles is 1. The topological polar surface area (TPSA) is 111 Å². The number of likely N-dealkylation sites (tertiary alicyclic amines) is 2. The number of methoxy groups -OCH3 is 1. The van der Waals surface area contributed by atoms with E-state index in [1.165, 1.54) is 11.1 Å². The first-order chi connectivity index (χ1) is 21.9. The summed E-state index contributed by atoms with van der Waals surface area (Å²) < 4.78 is 11.1. The van der Waals surface area contributed by atoms with E-state index in [1.54, 1.807) is 19.2 Å². The highest BCUT2D eigenvalue weighted by Crippen LogP contribution is 2.26. The van der Waals surface area contributed by atoms with Crippen molar-refractivity contribution in [1.29, 1.82) is 5.26 Å². The van der Waals surface area contributed by atoms with Crippen LogP contribution in [0.15, 0.2) is 77.2 Å². The van der Waals surface area contributed by atoms with Crippen molar-refractivity contribution >= 4 is 28.5 Å². The standard InChI is InChI=1S/C36H39N5O4/c1-44-32-9-6-27(7-10-32)24-40-16-12-28(13-17-40)35(42)39-31-8-11-33-29(20-31)21-34(45-33)36(43)38-30-14-18-41(19-15-30)23-26-4-2-25(22-37)3-5-26/h2-11,20-21,28,30H,12-19,23-24H2,1H3,(H,38,43)(H,39,42). The molecule has 9 nitrogen and oxygen atoms in total. The maximum atomic E-state index is 13.1. The minimum atomic E-state index is -0.219. The quantitative estimate of drug-likeness (QED) is 0.257. The maximum absolute atomic E-state index is 13.1. The van der Waals surface area contributed by atoms with Crippen molar-refractivity contribution in [3.05, 3.63) is 95.2 Å². The molecule has 9 heteroatoms. The molecule has 2 aliphatic rings. The van der Waals surface area contributed by atoms with Gasteiger partial charge in [0, 0.05) is 49.2 Å². The number of amides is 2. The van der Waals surface area contributed by atoms with Crippen molar-refractivity contribution in [2.75, 3.05) is 38.6 Å². The van der Waals surface area contributed by atoms with Gasteiger partial charge in [-0.05, 0) is 98.4 Å². The predicted octanol–water partition coefficient (Wildman–Crippen LogP) is 5.56. The van der Waals surface area contributed by atoms with Crippen LogP contribution in [-0.4, -0.2) is 60.9 Å². The molecule has 0 bridgehead atoms. The molecule has 3 aromatic carbocycles. The van der Waals surface area contributed by atoms with Crippen molar-refractivity contribution in [3.8, 4) is 11.8 Å². The lowest BCUT2D eigenvalue weighted by Crippen LogP contribution is -2.44. The summed E-state index contributed by atoms with van der Waals surface area (Å²) in [4.78, 5) is 30.9. The molecule has 3 heterocycles. The van der Waals surface area contributed by atoms with Crippen molar-refractivity contribution < 1.29 is 18.7 Å². The van der Waals surface area contributed by atoms with Crippen LogP contribution in [0.2, 0.25) is 0 Å². The van der Waals surface area contributed by atoms with E-state index in [4.69, 9.17) is 14.4 Å². The fraction of sp³-hybridized carbons (Fsp3) is 0.361. The first-order valence-electron chi connectivity index (χ1n) is 15.7. The molecule has 0 saturated carbocycles. The summed E-state index contributed by atoms with van der Waals surface area (Å²) >= 11 is 0. The minimum absolute atomic E-state index is 0.0328. The third-order valence-electron chi connectivity index (χ3n) is 8.94. The van der Waals surface area contributed by atoms with Gasteiger partial charge in [-0.15, -0.1) is 0 Å². The predicted molar refractivity (Wildman–Crippen MR) is 173 cm³/mol. The average molecular weight is 606 g/mol. The fourth-order valence-corrected chi connectivity index (χ4v) is 6.25. The molecule has 0 atom stereocenters. The summed E-state index contributed by atoms with van der Waals surface area (Å²) in [7, 11) is 1.67. The second-order valence-electron chi connectivity index (χ2n) is 12.1. The van der Waals surface area contributed by atoms with Crippen molar-refractivity contribution in [1.82, 2.24) is 15.1 Å². The summed E-state index contributed by atoms with van der Waals surface area (Å²) in [5, 5.41) is 16.0. The Morgan fingerprint density at radius 2 is 1.49 bits per heavy atom. The Hall–Kier alpha value is -4.65. The summed E-state index contributed by atoms with van der Waals surface area (Å²) in [6.07, 6.45) is 3.35. The van der Waals surface area contributed by atoms with Gasteiger partial charge in [-0.25, -0.2) is 0 Å². The van der Waals surface area contributed by atoms with Gasteiger partial charge in [0.2, 0.25) is 5.91 Å². The third-order valence-corrected chi connectivity index (χ3v) is 8.94. The van der Waals surface area contributed by atoms with E-state index in [9.17, 15) is 9.59 Å². The molecule has 6 rings (SSSR count). The van der Waals surface area contributed by atoms with Gasteiger partial charge >= 0.3 is 0 Å². The lowest BCUT2D eigenvalue weighted by atomic mass is 9.95. The number of rotatable bonds is 9. The molecule has 232 valence electrons. The summed E-state index contributed by atoms with van der Waals surface area (Å²) in [5.41, 5.74) is 4.40. The highest BCUT2D eigenvalue weighted by molar-refractivity contribution is 5.98. The molecular formula is C36H39N5O4. The number of furan rings is 1. The van der Waals surface area contributed by atoms with E-state index >= 15 is 0 Å². The van der Waals surface area contributed by atoms with Crippen LogP contribution in [0.3, 0.4) is 0 Å². The highest BCUT2D eigenvalue weighted by atomic mass is 16.5. The van der Waals surface area contributed by atoms with Crippen LogP contribution < -0.4 is 15.4 Å². The minimum Gasteiger partial charge on any atom is -0.497 e. The average Bonchev–Trinajstić information content (AvgIpc) is 3.50. The van der Waals surface area contributed by atoms with E-state index in [0.29, 0.717) is 16.8 Å². The number of carbonyl (C=O) groups excluding carboxylic acids is 2. The molecule has 0 unspecified atom stereocenters. The molecule has 0 aliphatic carbocycles. The Labute approximate surface area is 263 Å².